The number of rotatable bonds is 3. The fourth-order valence-corrected chi connectivity index (χ4v) is 2.61. The fourth-order valence-electron chi connectivity index (χ4n) is 2.61. The first kappa shape index (κ1) is 16.9. The van der Waals surface area contributed by atoms with E-state index >= 15 is 0 Å². The van der Waals surface area contributed by atoms with Gasteiger partial charge in [0.2, 0.25) is 11.7 Å². The van der Waals surface area contributed by atoms with Crippen molar-refractivity contribution in [1.29, 1.82) is 0 Å². The van der Waals surface area contributed by atoms with Crippen molar-refractivity contribution >= 4 is 0 Å². The molecule has 0 radical (unpaired) electrons. The maximum Gasteiger partial charge on any atom is 0.416 e. The largest absolute Gasteiger partial charge is 0.416 e. The molecule has 2 atom stereocenters. The molecule has 1 aliphatic rings. The topological polar surface area (TPSA) is 51.4 Å². The van der Waals surface area contributed by atoms with Crippen LogP contribution in [0.5, 0.6) is 0 Å². The number of halogens is 3. The second kappa shape index (κ2) is 6.52. The minimum Gasteiger partial charge on any atom is -0.376 e. The molecule has 0 unspecified atom stereocenters. The Balaban J connectivity index is 1.71. The maximum absolute atomic E-state index is 12.6. The zero-order valence-electron chi connectivity index (χ0n) is 13.4. The molecule has 0 amide bonds. The van der Waals surface area contributed by atoms with Crippen molar-refractivity contribution in [2.24, 2.45) is 0 Å². The Morgan fingerprint density at radius 3 is 2.58 bits per heavy atom. The van der Waals surface area contributed by atoms with Gasteiger partial charge in [0.25, 0.3) is 0 Å². The molecule has 5 nitrogen and oxygen atoms in total. The summed E-state index contributed by atoms with van der Waals surface area (Å²) in [4.78, 5) is 6.46. The predicted molar refractivity (Wildman–Crippen MR) is 80.0 cm³/mol. The van der Waals surface area contributed by atoms with Gasteiger partial charge < -0.3 is 9.26 Å². The highest BCUT2D eigenvalue weighted by Gasteiger charge is 2.30. The highest BCUT2D eigenvalue weighted by atomic mass is 19.4. The normalized spacial score (nSPS) is 22.7. The molecule has 0 aliphatic carbocycles. The van der Waals surface area contributed by atoms with Gasteiger partial charge in [-0.1, -0.05) is 17.3 Å². The van der Waals surface area contributed by atoms with E-state index in [4.69, 9.17) is 9.26 Å². The van der Waals surface area contributed by atoms with E-state index in [1.165, 1.54) is 12.1 Å². The fraction of sp³-hybridized carbons (Fsp3) is 0.500. The van der Waals surface area contributed by atoms with E-state index in [2.05, 4.69) is 22.0 Å². The summed E-state index contributed by atoms with van der Waals surface area (Å²) in [6.07, 6.45) is -4.22. The summed E-state index contributed by atoms with van der Waals surface area (Å²) in [6.45, 7) is 5.95. The number of benzene rings is 1. The van der Waals surface area contributed by atoms with Crippen LogP contribution in [0, 0.1) is 0 Å². The van der Waals surface area contributed by atoms with Crippen molar-refractivity contribution in [2.75, 3.05) is 13.2 Å². The zero-order chi connectivity index (χ0) is 17.3. The lowest BCUT2D eigenvalue weighted by atomic mass is 10.1. The molecule has 1 aliphatic heterocycles. The monoisotopic (exact) mass is 341 g/mol. The van der Waals surface area contributed by atoms with Crippen LogP contribution in [-0.2, 0) is 17.5 Å². The van der Waals surface area contributed by atoms with Crippen molar-refractivity contribution in [3.63, 3.8) is 0 Å². The Hall–Kier alpha value is -1.93. The third kappa shape index (κ3) is 3.76. The van der Waals surface area contributed by atoms with Crippen LogP contribution in [0.1, 0.15) is 25.3 Å². The standard InChI is InChI=1S/C16H18F3N3O2/c1-10-9-23-11(2)7-22(10)8-14-20-15(21-24-14)12-3-5-13(6-4-12)16(17,18)19/h3-6,10-11H,7-9H2,1-2H3/t10-,11+/m0/s1. The molecule has 1 aromatic heterocycles. The van der Waals surface area contributed by atoms with Crippen molar-refractivity contribution < 1.29 is 22.4 Å². The molecule has 0 bridgehead atoms. The zero-order valence-corrected chi connectivity index (χ0v) is 13.4. The molecule has 24 heavy (non-hydrogen) atoms. The van der Waals surface area contributed by atoms with Crippen LogP contribution >= 0.6 is 0 Å². The molecule has 0 spiro atoms. The lowest BCUT2D eigenvalue weighted by molar-refractivity contribution is -0.137. The number of ether oxygens (including phenoxy) is 1. The molecule has 2 aromatic rings. The molecule has 3 rings (SSSR count). The average Bonchev–Trinajstić information content (AvgIpc) is 2.99. The molecule has 0 N–H and O–H groups in total. The van der Waals surface area contributed by atoms with Crippen LogP contribution in [0.2, 0.25) is 0 Å². The van der Waals surface area contributed by atoms with Crippen molar-refractivity contribution in [3.8, 4) is 11.4 Å². The summed E-state index contributed by atoms with van der Waals surface area (Å²) in [5.41, 5.74) is -0.215. The molecule has 0 saturated carbocycles. The van der Waals surface area contributed by atoms with Crippen LogP contribution in [0.15, 0.2) is 28.8 Å². The van der Waals surface area contributed by atoms with E-state index in [0.29, 0.717) is 24.6 Å². The number of morpholine rings is 1. The van der Waals surface area contributed by atoms with Gasteiger partial charge in [-0.15, -0.1) is 0 Å². The summed E-state index contributed by atoms with van der Waals surface area (Å²) in [6, 6.07) is 4.95. The van der Waals surface area contributed by atoms with Crippen LogP contribution in [0.25, 0.3) is 11.4 Å². The van der Waals surface area contributed by atoms with E-state index in [1.807, 2.05) is 6.92 Å². The van der Waals surface area contributed by atoms with Crippen molar-refractivity contribution in [1.82, 2.24) is 15.0 Å². The van der Waals surface area contributed by atoms with Gasteiger partial charge >= 0.3 is 6.18 Å². The number of aromatic nitrogens is 2. The quantitative estimate of drug-likeness (QED) is 0.857. The molecule has 1 aromatic carbocycles. The Labute approximate surface area is 137 Å². The maximum atomic E-state index is 12.6. The summed E-state index contributed by atoms with van der Waals surface area (Å²) < 4.78 is 48.6. The summed E-state index contributed by atoms with van der Waals surface area (Å²) >= 11 is 0. The van der Waals surface area contributed by atoms with E-state index in [0.717, 1.165) is 18.7 Å². The lowest BCUT2D eigenvalue weighted by Crippen LogP contribution is -2.46. The predicted octanol–water partition coefficient (Wildman–Crippen LogP) is 3.36. The molecule has 8 heteroatoms. The number of nitrogens with zero attached hydrogens (tertiary/aromatic N) is 3. The first-order valence-electron chi connectivity index (χ1n) is 7.69. The van der Waals surface area contributed by atoms with E-state index in [-0.39, 0.29) is 18.0 Å². The SMILES string of the molecule is C[C@@H]1CN(Cc2nc(-c3ccc(C(F)(F)F)cc3)no2)[C@@H](C)CO1. The minimum absolute atomic E-state index is 0.138. The van der Waals surface area contributed by atoms with Crippen LogP contribution in [0.3, 0.4) is 0 Å². The highest BCUT2D eigenvalue weighted by molar-refractivity contribution is 5.54. The second-order valence-corrected chi connectivity index (χ2v) is 6.01. The number of hydrogen-bond donors (Lipinski definition) is 0. The van der Waals surface area contributed by atoms with Crippen LogP contribution in [0.4, 0.5) is 13.2 Å². The van der Waals surface area contributed by atoms with Gasteiger partial charge in [-0.05, 0) is 26.0 Å². The Morgan fingerprint density at radius 1 is 1.21 bits per heavy atom. The smallest absolute Gasteiger partial charge is 0.376 e. The number of hydrogen-bond acceptors (Lipinski definition) is 5. The lowest BCUT2D eigenvalue weighted by Gasteiger charge is -2.35. The highest BCUT2D eigenvalue weighted by Crippen LogP contribution is 2.30. The van der Waals surface area contributed by atoms with Crippen molar-refractivity contribution in [3.05, 3.63) is 35.7 Å². The summed E-state index contributed by atoms with van der Waals surface area (Å²) in [7, 11) is 0. The summed E-state index contributed by atoms with van der Waals surface area (Å²) in [5.74, 6) is 0.721. The van der Waals surface area contributed by atoms with E-state index in [9.17, 15) is 13.2 Å². The molecule has 1 fully saturated rings. The van der Waals surface area contributed by atoms with E-state index in [1.54, 1.807) is 0 Å². The van der Waals surface area contributed by atoms with Gasteiger partial charge in [0.15, 0.2) is 0 Å². The Kier molecular flexibility index (Phi) is 4.60. The van der Waals surface area contributed by atoms with Gasteiger partial charge in [0, 0.05) is 18.2 Å². The van der Waals surface area contributed by atoms with Gasteiger partial charge in [-0.3, -0.25) is 4.90 Å². The molecular formula is C16H18F3N3O2. The Bertz CT molecular complexity index is 685. The third-order valence-electron chi connectivity index (χ3n) is 4.01. The number of alkyl halides is 3. The van der Waals surface area contributed by atoms with Crippen LogP contribution in [-0.4, -0.2) is 40.3 Å². The molecular weight excluding hydrogens is 323 g/mol. The Morgan fingerprint density at radius 2 is 1.92 bits per heavy atom. The van der Waals surface area contributed by atoms with Gasteiger partial charge in [-0.2, -0.15) is 18.2 Å². The molecule has 2 heterocycles. The van der Waals surface area contributed by atoms with E-state index < -0.39 is 11.7 Å². The first-order valence-corrected chi connectivity index (χ1v) is 7.69. The van der Waals surface area contributed by atoms with Gasteiger partial charge in [0.05, 0.1) is 24.8 Å². The average molecular weight is 341 g/mol. The van der Waals surface area contributed by atoms with Crippen LogP contribution < -0.4 is 0 Å². The van der Waals surface area contributed by atoms with Gasteiger partial charge in [0.1, 0.15) is 0 Å². The second-order valence-electron chi connectivity index (χ2n) is 6.01. The molecule has 130 valence electrons. The third-order valence-corrected chi connectivity index (χ3v) is 4.01. The van der Waals surface area contributed by atoms with Gasteiger partial charge in [-0.25, -0.2) is 0 Å². The first-order chi connectivity index (χ1) is 11.3. The minimum atomic E-state index is -4.36. The molecule has 1 saturated heterocycles. The van der Waals surface area contributed by atoms with Crippen molar-refractivity contribution in [2.45, 2.75) is 38.7 Å². The summed E-state index contributed by atoms with van der Waals surface area (Å²) in [5, 5.41) is 3.86.